The van der Waals surface area contributed by atoms with Crippen molar-refractivity contribution in [3.05, 3.63) is 46.5 Å². The molecule has 0 atom stereocenters. The molecule has 0 spiro atoms. The van der Waals surface area contributed by atoms with Crippen molar-refractivity contribution in [2.75, 3.05) is 36.7 Å². The Labute approximate surface area is 122 Å². The highest BCUT2D eigenvalue weighted by Gasteiger charge is 2.12. The molecular formula is C14H17N5O2. The predicted octanol–water partition coefficient (Wildman–Crippen LogP) is 2.84. The smallest absolute Gasteiger partial charge is 0.276 e. The standard InChI is InChI=1S/C14H17N5O2/c1-15-13-8-10(19(20)21)9-14(17-13)16-11-6-4-5-7-12(11)18(2)3/h4-9H,1-3H3,(H2,15,16,17). The first-order chi connectivity index (χ1) is 10.0. The largest absolute Gasteiger partial charge is 0.376 e. The Kier molecular flexibility index (Phi) is 4.22. The molecule has 21 heavy (non-hydrogen) atoms. The van der Waals surface area contributed by atoms with Crippen LogP contribution in [0, 0.1) is 10.1 Å². The number of nitrogens with one attached hydrogen (secondary N) is 2. The summed E-state index contributed by atoms with van der Waals surface area (Å²) < 4.78 is 0. The summed E-state index contributed by atoms with van der Waals surface area (Å²) in [6.45, 7) is 0. The van der Waals surface area contributed by atoms with Gasteiger partial charge in [0.1, 0.15) is 11.6 Å². The molecule has 0 saturated heterocycles. The summed E-state index contributed by atoms with van der Waals surface area (Å²) in [5.41, 5.74) is 1.79. The molecule has 0 radical (unpaired) electrons. The van der Waals surface area contributed by atoms with Gasteiger partial charge in [-0.2, -0.15) is 0 Å². The van der Waals surface area contributed by atoms with E-state index in [4.69, 9.17) is 0 Å². The van der Waals surface area contributed by atoms with E-state index in [0.717, 1.165) is 11.4 Å². The van der Waals surface area contributed by atoms with E-state index in [1.165, 1.54) is 12.1 Å². The number of nitro groups is 1. The van der Waals surface area contributed by atoms with Crippen molar-refractivity contribution in [3.63, 3.8) is 0 Å². The molecule has 1 heterocycles. The first-order valence-corrected chi connectivity index (χ1v) is 6.39. The third-order valence-corrected chi connectivity index (χ3v) is 2.93. The maximum absolute atomic E-state index is 11.0. The van der Waals surface area contributed by atoms with E-state index >= 15 is 0 Å². The summed E-state index contributed by atoms with van der Waals surface area (Å²) in [7, 11) is 5.53. The maximum atomic E-state index is 11.0. The quantitative estimate of drug-likeness (QED) is 0.650. The van der Waals surface area contributed by atoms with Crippen molar-refractivity contribution in [1.29, 1.82) is 0 Å². The van der Waals surface area contributed by atoms with Crippen LogP contribution in [-0.2, 0) is 0 Å². The van der Waals surface area contributed by atoms with Gasteiger partial charge < -0.3 is 15.5 Å². The Balaban J connectivity index is 2.40. The molecule has 2 aromatic rings. The van der Waals surface area contributed by atoms with Gasteiger partial charge in [-0.3, -0.25) is 10.1 Å². The van der Waals surface area contributed by atoms with Crippen molar-refractivity contribution in [1.82, 2.24) is 4.98 Å². The third kappa shape index (κ3) is 3.38. The van der Waals surface area contributed by atoms with Crippen LogP contribution in [0.5, 0.6) is 0 Å². The van der Waals surface area contributed by atoms with E-state index in [1.54, 1.807) is 7.05 Å². The van der Waals surface area contributed by atoms with Crippen LogP contribution in [-0.4, -0.2) is 31.1 Å². The van der Waals surface area contributed by atoms with Crippen molar-refractivity contribution in [3.8, 4) is 0 Å². The third-order valence-electron chi connectivity index (χ3n) is 2.93. The molecule has 110 valence electrons. The highest BCUT2D eigenvalue weighted by molar-refractivity contribution is 5.74. The van der Waals surface area contributed by atoms with Gasteiger partial charge in [-0.25, -0.2) is 4.98 Å². The zero-order valence-electron chi connectivity index (χ0n) is 12.1. The summed E-state index contributed by atoms with van der Waals surface area (Å²) in [6.07, 6.45) is 0. The van der Waals surface area contributed by atoms with Gasteiger partial charge in [-0.1, -0.05) is 12.1 Å². The number of hydrogen-bond donors (Lipinski definition) is 2. The molecule has 0 aliphatic heterocycles. The van der Waals surface area contributed by atoms with Crippen molar-refractivity contribution in [2.45, 2.75) is 0 Å². The minimum absolute atomic E-state index is 0.0146. The van der Waals surface area contributed by atoms with E-state index in [-0.39, 0.29) is 5.69 Å². The normalized spacial score (nSPS) is 10.0. The van der Waals surface area contributed by atoms with Gasteiger partial charge in [0, 0.05) is 21.1 Å². The second-order valence-corrected chi connectivity index (χ2v) is 4.64. The zero-order chi connectivity index (χ0) is 15.4. The Morgan fingerprint density at radius 3 is 2.48 bits per heavy atom. The molecule has 1 aromatic heterocycles. The number of para-hydroxylation sites is 2. The fourth-order valence-corrected chi connectivity index (χ4v) is 1.92. The van der Waals surface area contributed by atoms with Crippen LogP contribution in [0.15, 0.2) is 36.4 Å². The van der Waals surface area contributed by atoms with Gasteiger partial charge in [-0.05, 0) is 12.1 Å². The highest BCUT2D eigenvalue weighted by Crippen LogP contribution is 2.28. The number of nitrogens with zero attached hydrogens (tertiary/aromatic N) is 3. The molecule has 1 aromatic carbocycles. The summed E-state index contributed by atoms with van der Waals surface area (Å²) in [4.78, 5) is 16.8. The number of aromatic nitrogens is 1. The fourth-order valence-electron chi connectivity index (χ4n) is 1.92. The van der Waals surface area contributed by atoms with Gasteiger partial charge >= 0.3 is 0 Å². The Morgan fingerprint density at radius 2 is 1.86 bits per heavy atom. The topological polar surface area (TPSA) is 83.3 Å². The Morgan fingerprint density at radius 1 is 1.19 bits per heavy atom. The summed E-state index contributed by atoms with van der Waals surface area (Å²) >= 11 is 0. The average molecular weight is 287 g/mol. The second kappa shape index (κ2) is 6.08. The van der Waals surface area contributed by atoms with E-state index in [0.29, 0.717) is 11.6 Å². The Hall–Kier alpha value is -2.83. The number of benzene rings is 1. The van der Waals surface area contributed by atoms with Gasteiger partial charge in [0.15, 0.2) is 0 Å². The minimum atomic E-state index is -0.439. The monoisotopic (exact) mass is 287 g/mol. The molecule has 0 unspecified atom stereocenters. The first kappa shape index (κ1) is 14.6. The lowest BCUT2D eigenvalue weighted by Crippen LogP contribution is -2.11. The molecule has 2 rings (SSSR count). The molecular weight excluding hydrogens is 270 g/mol. The summed E-state index contributed by atoms with van der Waals surface area (Å²) in [5.74, 6) is 0.858. The van der Waals surface area contributed by atoms with Crippen LogP contribution in [0.1, 0.15) is 0 Å². The molecule has 0 aliphatic carbocycles. The Bertz CT molecular complexity index is 658. The zero-order valence-corrected chi connectivity index (χ0v) is 12.1. The van der Waals surface area contributed by atoms with Crippen LogP contribution >= 0.6 is 0 Å². The number of pyridine rings is 1. The molecule has 7 heteroatoms. The molecule has 2 N–H and O–H groups in total. The van der Waals surface area contributed by atoms with Gasteiger partial charge in [0.25, 0.3) is 5.69 Å². The van der Waals surface area contributed by atoms with Crippen LogP contribution in [0.4, 0.5) is 28.7 Å². The van der Waals surface area contributed by atoms with Crippen molar-refractivity contribution < 1.29 is 4.92 Å². The number of rotatable bonds is 5. The lowest BCUT2D eigenvalue weighted by atomic mass is 10.2. The molecule has 0 saturated carbocycles. The van der Waals surface area contributed by atoms with Crippen LogP contribution < -0.4 is 15.5 Å². The second-order valence-electron chi connectivity index (χ2n) is 4.64. The fraction of sp³-hybridized carbons (Fsp3) is 0.214. The van der Waals surface area contributed by atoms with Crippen molar-refractivity contribution >= 4 is 28.7 Å². The molecule has 0 aliphatic rings. The average Bonchev–Trinajstić information content (AvgIpc) is 2.47. The van der Waals surface area contributed by atoms with E-state index in [9.17, 15) is 10.1 Å². The lowest BCUT2D eigenvalue weighted by Gasteiger charge is -2.18. The van der Waals surface area contributed by atoms with Crippen LogP contribution in [0.25, 0.3) is 0 Å². The van der Waals surface area contributed by atoms with Crippen LogP contribution in [0.3, 0.4) is 0 Å². The number of hydrogen-bond acceptors (Lipinski definition) is 6. The van der Waals surface area contributed by atoms with Crippen molar-refractivity contribution in [2.24, 2.45) is 0 Å². The van der Waals surface area contributed by atoms with Gasteiger partial charge in [-0.15, -0.1) is 0 Å². The first-order valence-electron chi connectivity index (χ1n) is 6.39. The molecule has 0 fully saturated rings. The SMILES string of the molecule is CNc1cc([N+](=O)[O-])cc(Nc2ccccc2N(C)C)n1. The molecule has 7 nitrogen and oxygen atoms in total. The number of anilines is 4. The summed E-state index contributed by atoms with van der Waals surface area (Å²) in [6, 6.07) is 10.5. The van der Waals surface area contributed by atoms with Gasteiger partial charge in [0.05, 0.1) is 28.4 Å². The highest BCUT2D eigenvalue weighted by atomic mass is 16.6. The molecule has 0 bridgehead atoms. The van der Waals surface area contributed by atoms with E-state index < -0.39 is 4.92 Å². The van der Waals surface area contributed by atoms with E-state index in [2.05, 4.69) is 15.6 Å². The van der Waals surface area contributed by atoms with Gasteiger partial charge in [0.2, 0.25) is 0 Å². The lowest BCUT2D eigenvalue weighted by molar-refractivity contribution is -0.384. The minimum Gasteiger partial charge on any atom is -0.376 e. The predicted molar refractivity (Wildman–Crippen MR) is 84.5 cm³/mol. The van der Waals surface area contributed by atoms with Crippen LogP contribution in [0.2, 0.25) is 0 Å². The molecule has 0 amide bonds. The van der Waals surface area contributed by atoms with E-state index in [1.807, 2.05) is 43.3 Å². The summed E-state index contributed by atoms with van der Waals surface area (Å²) in [5, 5.41) is 16.9. The maximum Gasteiger partial charge on any atom is 0.276 e.